The lowest BCUT2D eigenvalue weighted by molar-refractivity contribution is 0.404. The van der Waals surface area contributed by atoms with Crippen molar-refractivity contribution in [2.75, 3.05) is 14.2 Å². The Morgan fingerprint density at radius 1 is 0.800 bits per heavy atom. The van der Waals surface area contributed by atoms with E-state index in [0.717, 1.165) is 11.1 Å². The van der Waals surface area contributed by atoms with Gasteiger partial charge < -0.3 is 19.7 Å². The highest BCUT2D eigenvalue weighted by molar-refractivity contribution is 5.84. The zero-order valence-corrected chi connectivity index (χ0v) is 12.0. The van der Waals surface area contributed by atoms with Crippen LogP contribution in [-0.2, 0) is 0 Å². The minimum absolute atomic E-state index is 0.0410. The molecule has 0 heterocycles. The van der Waals surface area contributed by atoms with Crippen LogP contribution in [0, 0.1) is 13.8 Å². The van der Waals surface area contributed by atoms with E-state index in [9.17, 15) is 10.2 Å². The van der Waals surface area contributed by atoms with Crippen LogP contribution in [0.1, 0.15) is 11.1 Å². The molecular formula is C16H18O4. The van der Waals surface area contributed by atoms with E-state index in [0.29, 0.717) is 22.6 Å². The average molecular weight is 274 g/mol. The number of aryl methyl sites for hydroxylation is 2. The number of hydrogen-bond acceptors (Lipinski definition) is 4. The second kappa shape index (κ2) is 5.33. The van der Waals surface area contributed by atoms with Gasteiger partial charge in [-0.15, -0.1) is 0 Å². The molecule has 0 saturated carbocycles. The predicted octanol–water partition coefficient (Wildman–Crippen LogP) is 3.40. The Balaban J connectivity index is 2.75. The van der Waals surface area contributed by atoms with Gasteiger partial charge in [0.15, 0.2) is 0 Å². The summed E-state index contributed by atoms with van der Waals surface area (Å²) in [6, 6.07) is 6.77. The molecule has 0 spiro atoms. The quantitative estimate of drug-likeness (QED) is 0.900. The molecule has 0 bridgehead atoms. The van der Waals surface area contributed by atoms with Crippen LogP contribution in [0.25, 0.3) is 11.1 Å². The molecule has 0 fully saturated rings. The summed E-state index contributed by atoms with van der Waals surface area (Å²) in [4.78, 5) is 0. The van der Waals surface area contributed by atoms with E-state index in [-0.39, 0.29) is 11.5 Å². The lowest BCUT2D eigenvalue weighted by Crippen LogP contribution is -1.94. The third kappa shape index (κ3) is 2.37. The number of rotatable bonds is 3. The molecule has 0 amide bonds. The third-order valence-corrected chi connectivity index (χ3v) is 3.22. The number of benzene rings is 2. The van der Waals surface area contributed by atoms with Gasteiger partial charge in [0.05, 0.1) is 19.8 Å². The molecular weight excluding hydrogens is 256 g/mol. The number of ether oxygens (including phenoxy) is 2. The molecule has 0 radical (unpaired) electrons. The second-order valence-electron chi connectivity index (χ2n) is 4.70. The molecule has 106 valence electrons. The largest absolute Gasteiger partial charge is 0.507 e. The molecule has 4 heteroatoms. The summed E-state index contributed by atoms with van der Waals surface area (Å²) in [5, 5.41) is 20.4. The molecule has 0 aliphatic heterocycles. The van der Waals surface area contributed by atoms with E-state index in [4.69, 9.17) is 9.47 Å². The van der Waals surface area contributed by atoms with E-state index in [2.05, 4.69) is 0 Å². The first kappa shape index (κ1) is 14.1. The van der Waals surface area contributed by atoms with Gasteiger partial charge in [-0.3, -0.25) is 0 Å². The first-order valence-electron chi connectivity index (χ1n) is 6.23. The van der Waals surface area contributed by atoms with Crippen molar-refractivity contribution in [1.82, 2.24) is 0 Å². The highest BCUT2D eigenvalue weighted by atomic mass is 16.5. The number of phenolic OH excluding ortho intramolecular Hbond substituents is 2. The molecule has 2 rings (SSSR count). The Kier molecular flexibility index (Phi) is 3.74. The van der Waals surface area contributed by atoms with E-state index >= 15 is 0 Å². The fourth-order valence-electron chi connectivity index (χ4n) is 2.33. The first-order valence-corrected chi connectivity index (χ1v) is 6.23. The van der Waals surface area contributed by atoms with Crippen LogP contribution in [0.5, 0.6) is 23.0 Å². The van der Waals surface area contributed by atoms with Crippen LogP contribution in [0.4, 0.5) is 0 Å². The summed E-state index contributed by atoms with van der Waals surface area (Å²) in [5.41, 5.74) is 2.70. The van der Waals surface area contributed by atoms with Crippen molar-refractivity contribution in [1.29, 1.82) is 0 Å². The third-order valence-electron chi connectivity index (χ3n) is 3.22. The lowest BCUT2D eigenvalue weighted by atomic mass is 9.96. The van der Waals surface area contributed by atoms with E-state index < -0.39 is 0 Å². The predicted molar refractivity (Wildman–Crippen MR) is 77.8 cm³/mol. The number of hydrogen-bond donors (Lipinski definition) is 2. The van der Waals surface area contributed by atoms with Crippen LogP contribution in [0.15, 0.2) is 24.3 Å². The van der Waals surface area contributed by atoms with Crippen LogP contribution < -0.4 is 9.47 Å². The summed E-state index contributed by atoms with van der Waals surface area (Å²) in [6.07, 6.45) is 0. The van der Waals surface area contributed by atoms with Crippen LogP contribution >= 0.6 is 0 Å². The van der Waals surface area contributed by atoms with Crippen LogP contribution in [-0.4, -0.2) is 24.4 Å². The number of phenols is 2. The van der Waals surface area contributed by atoms with Gasteiger partial charge in [0.1, 0.15) is 23.0 Å². The zero-order chi connectivity index (χ0) is 14.9. The molecule has 0 unspecified atom stereocenters. The highest BCUT2D eigenvalue weighted by Crippen LogP contribution is 2.45. The topological polar surface area (TPSA) is 58.9 Å². The van der Waals surface area contributed by atoms with Crippen molar-refractivity contribution in [2.45, 2.75) is 13.8 Å². The summed E-state index contributed by atoms with van der Waals surface area (Å²) in [7, 11) is 3.07. The minimum atomic E-state index is 0.0410. The summed E-state index contributed by atoms with van der Waals surface area (Å²) in [6.45, 7) is 3.71. The molecule has 0 saturated heterocycles. The van der Waals surface area contributed by atoms with Crippen molar-refractivity contribution in [3.05, 3.63) is 35.4 Å². The summed E-state index contributed by atoms with van der Waals surface area (Å²) in [5.74, 6) is 1.20. The Morgan fingerprint density at radius 3 is 2.00 bits per heavy atom. The Hall–Kier alpha value is -2.36. The molecule has 2 aromatic rings. The van der Waals surface area contributed by atoms with Gasteiger partial charge in [-0.25, -0.2) is 0 Å². The first-order chi connectivity index (χ1) is 9.47. The van der Waals surface area contributed by atoms with E-state index in [1.54, 1.807) is 12.1 Å². The smallest absolute Gasteiger partial charge is 0.130 e. The van der Waals surface area contributed by atoms with Crippen molar-refractivity contribution in [2.24, 2.45) is 0 Å². The molecule has 20 heavy (non-hydrogen) atoms. The maximum absolute atomic E-state index is 10.2. The molecule has 4 nitrogen and oxygen atoms in total. The average Bonchev–Trinajstić information content (AvgIpc) is 2.39. The molecule has 2 N–H and O–H groups in total. The van der Waals surface area contributed by atoms with Crippen molar-refractivity contribution in [3.63, 3.8) is 0 Å². The highest BCUT2D eigenvalue weighted by Gasteiger charge is 2.19. The summed E-state index contributed by atoms with van der Waals surface area (Å²) >= 11 is 0. The van der Waals surface area contributed by atoms with Crippen molar-refractivity contribution >= 4 is 0 Å². The van der Waals surface area contributed by atoms with Gasteiger partial charge in [-0.05, 0) is 43.2 Å². The lowest BCUT2D eigenvalue weighted by Gasteiger charge is -2.16. The van der Waals surface area contributed by atoms with Gasteiger partial charge >= 0.3 is 0 Å². The van der Waals surface area contributed by atoms with Gasteiger partial charge in [-0.2, -0.15) is 0 Å². The Labute approximate surface area is 118 Å². The van der Waals surface area contributed by atoms with E-state index in [1.807, 2.05) is 19.9 Å². The Morgan fingerprint density at radius 2 is 1.45 bits per heavy atom. The van der Waals surface area contributed by atoms with Gasteiger partial charge in [0.2, 0.25) is 0 Å². The number of methoxy groups -OCH3 is 2. The fraction of sp³-hybridized carbons (Fsp3) is 0.250. The normalized spacial score (nSPS) is 10.4. The molecule has 0 aromatic heterocycles. The van der Waals surface area contributed by atoms with Gasteiger partial charge in [0, 0.05) is 11.6 Å². The Bertz CT molecular complexity index is 624. The van der Waals surface area contributed by atoms with Crippen molar-refractivity contribution < 1.29 is 19.7 Å². The molecule has 2 aromatic carbocycles. The maximum Gasteiger partial charge on any atom is 0.130 e. The van der Waals surface area contributed by atoms with Gasteiger partial charge in [-0.1, -0.05) is 0 Å². The molecule has 0 aliphatic carbocycles. The maximum atomic E-state index is 10.2. The van der Waals surface area contributed by atoms with Gasteiger partial charge in [0.25, 0.3) is 0 Å². The molecule has 0 atom stereocenters. The SMILES string of the molecule is COc1cc(C)c(-c2c(O)cc(C)cc2OC)c(O)c1. The van der Waals surface area contributed by atoms with Crippen LogP contribution in [0.2, 0.25) is 0 Å². The van der Waals surface area contributed by atoms with Crippen LogP contribution in [0.3, 0.4) is 0 Å². The monoisotopic (exact) mass is 274 g/mol. The standard InChI is InChI=1S/C16H18O4/c1-9-5-12(17)16(14(6-9)20-4)15-10(2)7-11(19-3)8-13(15)18/h5-8,17-18H,1-4H3. The summed E-state index contributed by atoms with van der Waals surface area (Å²) < 4.78 is 10.4. The fourth-order valence-corrected chi connectivity index (χ4v) is 2.33. The minimum Gasteiger partial charge on any atom is -0.507 e. The second-order valence-corrected chi connectivity index (χ2v) is 4.70. The zero-order valence-electron chi connectivity index (χ0n) is 12.0. The van der Waals surface area contributed by atoms with E-state index in [1.165, 1.54) is 20.3 Å². The number of aromatic hydroxyl groups is 2. The van der Waals surface area contributed by atoms with Crippen molar-refractivity contribution in [3.8, 4) is 34.1 Å². The molecule has 0 aliphatic rings.